The van der Waals surface area contributed by atoms with Crippen LogP contribution in [0.4, 0.5) is 8.78 Å². The summed E-state index contributed by atoms with van der Waals surface area (Å²) in [7, 11) is 0. The Bertz CT molecular complexity index is 764. The molecule has 114 valence electrons. The summed E-state index contributed by atoms with van der Waals surface area (Å²) in [6.45, 7) is 6.75. The molecule has 0 unspecified atom stereocenters. The highest BCUT2D eigenvalue weighted by Gasteiger charge is 2.60. The van der Waals surface area contributed by atoms with Crippen LogP contribution in [-0.4, -0.2) is 10.2 Å². The van der Waals surface area contributed by atoms with Gasteiger partial charge in [-0.05, 0) is 47.9 Å². The minimum absolute atomic E-state index is 0.00626. The van der Waals surface area contributed by atoms with Gasteiger partial charge in [-0.2, -0.15) is 10.2 Å². The summed E-state index contributed by atoms with van der Waals surface area (Å²) in [5, 5.41) is 8.53. The van der Waals surface area contributed by atoms with Crippen molar-refractivity contribution < 1.29 is 8.78 Å². The Kier molecular flexibility index (Phi) is 2.58. The van der Waals surface area contributed by atoms with Crippen molar-refractivity contribution in [3.8, 4) is 11.3 Å². The predicted octanol–water partition coefficient (Wildman–Crippen LogP) is 4.60. The standard InChI is InChI=1S/C18H18F2N2/c1-17(2)11-7-8-18(17,3)16-10(11)9-14(21-22-16)15-12(19)5-4-6-13(15)20/h4-6,9,11H,7-8H2,1-3H3/t11-,18+/m0/s1. The number of benzene rings is 1. The highest BCUT2D eigenvalue weighted by Crippen LogP contribution is 2.67. The zero-order valence-corrected chi connectivity index (χ0v) is 13.0. The molecule has 2 aliphatic rings. The maximum Gasteiger partial charge on any atom is 0.135 e. The first kappa shape index (κ1) is 13.8. The van der Waals surface area contributed by atoms with Gasteiger partial charge in [0.2, 0.25) is 0 Å². The Balaban J connectivity index is 1.92. The van der Waals surface area contributed by atoms with Crippen LogP contribution >= 0.6 is 0 Å². The number of fused-ring (bicyclic) bond motifs is 5. The molecule has 2 nitrogen and oxygen atoms in total. The molecule has 2 bridgehead atoms. The number of hydrogen-bond donors (Lipinski definition) is 0. The number of nitrogens with zero attached hydrogens (tertiary/aromatic N) is 2. The molecule has 1 fully saturated rings. The molecule has 0 spiro atoms. The van der Waals surface area contributed by atoms with Crippen molar-refractivity contribution in [1.29, 1.82) is 0 Å². The van der Waals surface area contributed by atoms with Crippen molar-refractivity contribution >= 4 is 0 Å². The van der Waals surface area contributed by atoms with E-state index in [0.717, 1.165) is 24.1 Å². The molecule has 0 aliphatic heterocycles. The van der Waals surface area contributed by atoms with Crippen molar-refractivity contribution in [1.82, 2.24) is 10.2 Å². The average molecular weight is 300 g/mol. The molecule has 2 atom stereocenters. The molecule has 2 aliphatic carbocycles. The van der Waals surface area contributed by atoms with E-state index in [1.165, 1.54) is 18.2 Å². The van der Waals surface area contributed by atoms with E-state index in [-0.39, 0.29) is 16.4 Å². The van der Waals surface area contributed by atoms with E-state index >= 15 is 0 Å². The molecule has 1 aromatic heterocycles. The van der Waals surface area contributed by atoms with Crippen LogP contribution in [0.2, 0.25) is 0 Å². The van der Waals surface area contributed by atoms with Gasteiger partial charge in [-0.25, -0.2) is 8.78 Å². The molecule has 0 amide bonds. The maximum absolute atomic E-state index is 14.0. The van der Waals surface area contributed by atoms with Crippen molar-refractivity contribution in [2.75, 3.05) is 0 Å². The average Bonchev–Trinajstić information content (AvgIpc) is 2.78. The minimum atomic E-state index is -0.595. The fourth-order valence-corrected chi connectivity index (χ4v) is 4.43. The molecular weight excluding hydrogens is 282 g/mol. The Morgan fingerprint density at radius 2 is 1.77 bits per heavy atom. The van der Waals surface area contributed by atoms with E-state index in [0.29, 0.717) is 11.6 Å². The van der Waals surface area contributed by atoms with Gasteiger partial charge in [0.25, 0.3) is 0 Å². The minimum Gasteiger partial charge on any atom is -0.206 e. The van der Waals surface area contributed by atoms with Gasteiger partial charge >= 0.3 is 0 Å². The van der Waals surface area contributed by atoms with Crippen molar-refractivity contribution in [3.05, 3.63) is 47.2 Å². The maximum atomic E-state index is 14.0. The lowest BCUT2D eigenvalue weighted by Gasteiger charge is -2.33. The Morgan fingerprint density at radius 3 is 2.45 bits per heavy atom. The summed E-state index contributed by atoms with van der Waals surface area (Å²) in [5.74, 6) is -0.803. The largest absolute Gasteiger partial charge is 0.206 e. The number of hydrogen-bond acceptors (Lipinski definition) is 2. The molecule has 0 N–H and O–H groups in total. The number of aromatic nitrogens is 2. The molecule has 1 aromatic carbocycles. The molecule has 2 aromatic rings. The second kappa shape index (κ2) is 4.12. The van der Waals surface area contributed by atoms with Crippen molar-refractivity contribution in [3.63, 3.8) is 0 Å². The van der Waals surface area contributed by atoms with Crippen LogP contribution < -0.4 is 0 Å². The molecule has 4 rings (SSSR count). The molecule has 4 heteroatoms. The van der Waals surface area contributed by atoms with Gasteiger partial charge in [-0.15, -0.1) is 0 Å². The summed E-state index contributed by atoms with van der Waals surface area (Å²) in [4.78, 5) is 0. The third-order valence-corrected chi connectivity index (χ3v) is 6.17. The van der Waals surface area contributed by atoms with Crippen LogP contribution in [0.3, 0.4) is 0 Å². The van der Waals surface area contributed by atoms with E-state index in [9.17, 15) is 8.78 Å². The Labute approximate surface area is 128 Å². The fraction of sp³-hybridized carbons (Fsp3) is 0.444. The van der Waals surface area contributed by atoms with Gasteiger partial charge in [0, 0.05) is 5.41 Å². The normalized spacial score (nSPS) is 28.0. The summed E-state index contributed by atoms with van der Waals surface area (Å²) in [6.07, 6.45) is 2.20. The van der Waals surface area contributed by atoms with E-state index in [2.05, 4.69) is 31.0 Å². The van der Waals surface area contributed by atoms with Crippen LogP contribution in [0.1, 0.15) is 50.8 Å². The van der Waals surface area contributed by atoms with E-state index in [4.69, 9.17) is 0 Å². The summed E-state index contributed by atoms with van der Waals surface area (Å²) in [6, 6.07) is 5.72. The zero-order chi connectivity index (χ0) is 15.7. The van der Waals surface area contributed by atoms with Crippen LogP contribution in [0.5, 0.6) is 0 Å². The van der Waals surface area contributed by atoms with Crippen LogP contribution in [0.15, 0.2) is 24.3 Å². The summed E-state index contributed by atoms with van der Waals surface area (Å²) >= 11 is 0. The van der Waals surface area contributed by atoms with E-state index in [1.54, 1.807) is 0 Å². The van der Waals surface area contributed by atoms with Crippen LogP contribution in [0.25, 0.3) is 11.3 Å². The third kappa shape index (κ3) is 1.48. The van der Waals surface area contributed by atoms with Gasteiger partial charge in [-0.3, -0.25) is 0 Å². The Hall–Kier alpha value is -1.84. The first-order valence-corrected chi connectivity index (χ1v) is 7.69. The van der Waals surface area contributed by atoms with Gasteiger partial charge in [0.15, 0.2) is 0 Å². The molecular formula is C18H18F2N2. The lowest BCUT2D eigenvalue weighted by molar-refractivity contribution is 0.226. The lowest BCUT2D eigenvalue weighted by atomic mass is 9.70. The third-order valence-electron chi connectivity index (χ3n) is 6.17. The smallest absolute Gasteiger partial charge is 0.135 e. The highest BCUT2D eigenvalue weighted by molar-refractivity contribution is 5.63. The first-order valence-electron chi connectivity index (χ1n) is 7.69. The monoisotopic (exact) mass is 300 g/mol. The zero-order valence-electron chi connectivity index (χ0n) is 13.0. The van der Waals surface area contributed by atoms with E-state index in [1.807, 2.05) is 6.07 Å². The molecule has 0 saturated heterocycles. The summed E-state index contributed by atoms with van der Waals surface area (Å²) in [5.41, 5.74) is 2.45. The molecule has 22 heavy (non-hydrogen) atoms. The SMILES string of the molecule is CC1(C)[C@H]2CC[C@]1(C)c1nnc(-c3c(F)cccc3F)cc12. The van der Waals surface area contributed by atoms with Crippen LogP contribution in [-0.2, 0) is 5.41 Å². The lowest BCUT2D eigenvalue weighted by Crippen LogP contribution is -2.32. The molecule has 1 heterocycles. The van der Waals surface area contributed by atoms with Crippen molar-refractivity contribution in [2.45, 2.75) is 44.9 Å². The van der Waals surface area contributed by atoms with Gasteiger partial charge in [-0.1, -0.05) is 26.8 Å². The second-order valence-electron chi connectivity index (χ2n) is 7.28. The highest BCUT2D eigenvalue weighted by atomic mass is 19.1. The summed E-state index contributed by atoms with van der Waals surface area (Å²) < 4.78 is 28.0. The fourth-order valence-electron chi connectivity index (χ4n) is 4.43. The van der Waals surface area contributed by atoms with E-state index < -0.39 is 11.6 Å². The second-order valence-corrected chi connectivity index (χ2v) is 7.28. The molecule has 1 saturated carbocycles. The Morgan fingerprint density at radius 1 is 1.09 bits per heavy atom. The number of rotatable bonds is 1. The molecule has 0 radical (unpaired) electrons. The van der Waals surface area contributed by atoms with Gasteiger partial charge < -0.3 is 0 Å². The topological polar surface area (TPSA) is 25.8 Å². The predicted molar refractivity (Wildman–Crippen MR) is 80.5 cm³/mol. The number of halogens is 2. The van der Waals surface area contributed by atoms with Gasteiger partial charge in [0.1, 0.15) is 11.6 Å². The van der Waals surface area contributed by atoms with Gasteiger partial charge in [0.05, 0.1) is 17.0 Å². The van der Waals surface area contributed by atoms with Crippen LogP contribution in [0, 0.1) is 17.0 Å². The van der Waals surface area contributed by atoms with Crippen molar-refractivity contribution in [2.24, 2.45) is 5.41 Å². The first-order chi connectivity index (χ1) is 10.4. The quantitative estimate of drug-likeness (QED) is 0.769.